The number of aliphatic hydroxyl groups is 1. The Morgan fingerprint density at radius 3 is 2.75 bits per heavy atom. The highest BCUT2D eigenvalue weighted by atomic mass is 35.5. The van der Waals surface area contributed by atoms with Crippen molar-refractivity contribution in [2.24, 2.45) is 0 Å². The lowest BCUT2D eigenvalue weighted by Crippen LogP contribution is -2.30. The lowest BCUT2D eigenvalue weighted by molar-refractivity contribution is 0.235. The van der Waals surface area contributed by atoms with E-state index >= 15 is 0 Å². The van der Waals surface area contributed by atoms with Gasteiger partial charge in [0.15, 0.2) is 0 Å². The van der Waals surface area contributed by atoms with Gasteiger partial charge in [-0.1, -0.05) is 30.7 Å². The van der Waals surface area contributed by atoms with Gasteiger partial charge in [0.05, 0.1) is 13.2 Å². The first-order valence-electron chi connectivity index (χ1n) is 6.83. The third-order valence-electron chi connectivity index (χ3n) is 3.40. The summed E-state index contributed by atoms with van der Waals surface area (Å²) >= 11 is 6.13. The van der Waals surface area contributed by atoms with Gasteiger partial charge in [-0.15, -0.1) is 0 Å². The van der Waals surface area contributed by atoms with Gasteiger partial charge < -0.3 is 14.8 Å². The van der Waals surface area contributed by atoms with Crippen LogP contribution in [0.25, 0.3) is 11.3 Å². The van der Waals surface area contributed by atoms with Crippen LogP contribution in [0.1, 0.15) is 24.7 Å². The van der Waals surface area contributed by atoms with E-state index in [1.807, 2.05) is 44.2 Å². The zero-order valence-corrected chi connectivity index (χ0v) is 12.6. The molecule has 20 heavy (non-hydrogen) atoms. The first kappa shape index (κ1) is 15.1. The third kappa shape index (κ3) is 3.63. The predicted molar refractivity (Wildman–Crippen MR) is 81.9 cm³/mol. The molecule has 2 aromatic rings. The molecule has 0 aliphatic heterocycles. The van der Waals surface area contributed by atoms with E-state index in [1.54, 1.807) is 0 Å². The number of aryl methyl sites for hydroxylation is 1. The second kappa shape index (κ2) is 6.93. The summed E-state index contributed by atoms with van der Waals surface area (Å²) in [7, 11) is 0. The van der Waals surface area contributed by atoms with E-state index in [-0.39, 0.29) is 12.6 Å². The summed E-state index contributed by atoms with van der Waals surface area (Å²) in [6, 6.07) is 9.89. The Bertz CT molecular complexity index is 561. The first-order chi connectivity index (χ1) is 9.63. The second-order valence-electron chi connectivity index (χ2n) is 4.90. The van der Waals surface area contributed by atoms with Crippen LogP contribution in [-0.2, 0) is 6.54 Å². The van der Waals surface area contributed by atoms with Gasteiger partial charge in [0.2, 0.25) is 0 Å². The summed E-state index contributed by atoms with van der Waals surface area (Å²) in [5.41, 5.74) is 2.03. The van der Waals surface area contributed by atoms with Crippen molar-refractivity contribution in [2.45, 2.75) is 32.9 Å². The van der Waals surface area contributed by atoms with Gasteiger partial charge in [-0.05, 0) is 37.1 Å². The quantitative estimate of drug-likeness (QED) is 0.852. The van der Waals surface area contributed by atoms with Crippen LogP contribution < -0.4 is 5.32 Å². The number of benzene rings is 1. The number of hydrogen-bond donors (Lipinski definition) is 2. The molecule has 0 radical (unpaired) electrons. The number of halogens is 1. The number of rotatable bonds is 6. The second-order valence-corrected chi connectivity index (χ2v) is 5.31. The smallest absolute Gasteiger partial charge is 0.134 e. The number of aliphatic hydroxyl groups excluding tert-OH is 1. The molecule has 0 fully saturated rings. The van der Waals surface area contributed by atoms with E-state index in [9.17, 15) is 0 Å². The molecule has 1 heterocycles. The standard InChI is InChI=1S/C16H20ClNO2/c1-3-13(10-19)18-9-14-6-7-16(20-14)12-5-4-11(2)15(17)8-12/h4-8,13,18-19H,3,9-10H2,1-2H3. The molecule has 2 N–H and O–H groups in total. The van der Waals surface area contributed by atoms with Crippen LogP contribution in [0.2, 0.25) is 5.02 Å². The molecule has 4 heteroatoms. The summed E-state index contributed by atoms with van der Waals surface area (Å²) in [5, 5.41) is 13.1. The van der Waals surface area contributed by atoms with Crippen LogP contribution in [0, 0.1) is 6.92 Å². The Hall–Kier alpha value is -1.29. The Balaban J connectivity index is 2.06. The molecule has 0 saturated carbocycles. The van der Waals surface area contributed by atoms with Gasteiger partial charge in [-0.3, -0.25) is 0 Å². The van der Waals surface area contributed by atoms with Gasteiger partial charge in [0.1, 0.15) is 11.5 Å². The van der Waals surface area contributed by atoms with Crippen molar-refractivity contribution >= 4 is 11.6 Å². The van der Waals surface area contributed by atoms with Crippen LogP contribution in [0.5, 0.6) is 0 Å². The minimum atomic E-state index is 0.109. The van der Waals surface area contributed by atoms with Gasteiger partial charge in [0.25, 0.3) is 0 Å². The molecule has 1 aromatic carbocycles. The monoisotopic (exact) mass is 293 g/mol. The maximum absolute atomic E-state index is 9.14. The van der Waals surface area contributed by atoms with E-state index < -0.39 is 0 Å². The van der Waals surface area contributed by atoms with E-state index in [0.29, 0.717) is 6.54 Å². The van der Waals surface area contributed by atoms with Crippen molar-refractivity contribution in [3.05, 3.63) is 46.7 Å². The maximum atomic E-state index is 9.14. The van der Waals surface area contributed by atoms with Crippen molar-refractivity contribution in [3.8, 4) is 11.3 Å². The Labute approximate surface area is 124 Å². The molecule has 2 rings (SSSR count). The van der Waals surface area contributed by atoms with Crippen LogP contribution >= 0.6 is 11.6 Å². The molecule has 0 saturated heterocycles. The van der Waals surface area contributed by atoms with Crippen LogP contribution in [0.3, 0.4) is 0 Å². The Morgan fingerprint density at radius 2 is 2.10 bits per heavy atom. The SMILES string of the molecule is CCC(CO)NCc1ccc(-c2ccc(C)c(Cl)c2)o1. The van der Waals surface area contributed by atoms with Gasteiger partial charge in [0, 0.05) is 16.6 Å². The Morgan fingerprint density at radius 1 is 1.30 bits per heavy atom. The van der Waals surface area contributed by atoms with Crippen molar-refractivity contribution in [1.29, 1.82) is 0 Å². The molecule has 0 spiro atoms. The first-order valence-corrected chi connectivity index (χ1v) is 7.21. The highest BCUT2D eigenvalue weighted by Gasteiger charge is 2.08. The minimum absolute atomic E-state index is 0.109. The minimum Gasteiger partial charge on any atom is -0.460 e. The normalized spacial score (nSPS) is 12.6. The largest absolute Gasteiger partial charge is 0.460 e. The zero-order chi connectivity index (χ0) is 14.5. The molecule has 0 aliphatic carbocycles. The lowest BCUT2D eigenvalue weighted by Gasteiger charge is -2.12. The van der Waals surface area contributed by atoms with Crippen LogP contribution in [0.15, 0.2) is 34.7 Å². The summed E-state index contributed by atoms with van der Waals surface area (Å²) in [5.74, 6) is 1.66. The molecule has 1 unspecified atom stereocenters. The molecule has 1 aromatic heterocycles. The average Bonchev–Trinajstić information content (AvgIpc) is 2.92. The average molecular weight is 294 g/mol. The summed E-state index contributed by atoms with van der Waals surface area (Å²) < 4.78 is 5.80. The molecular formula is C16H20ClNO2. The van der Waals surface area contributed by atoms with Crippen LogP contribution in [-0.4, -0.2) is 17.8 Å². The number of nitrogens with one attached hydrogen (secondary N) is 1. The highest BCUT2D eigenvalue weighted by molar-refractivity contribution is 6.31. The lowest BCUT2D eigenvalue weighted by atomic mass is 10.1. The molecular weight excluding hydrogens is 274 g/mol. The van der Waals surface area contributed by atoms with Crippen molar-refractivity contribution < 1.29 is 9.52 Å². The van der Waals surface area contributed by atoms with Gasteiger partial charge in [-0.2, -0.15) is 0 Å². The highest BCUT2D eigenvalue weighted by Crippen LogP contribution is 2.26. The summed E-state index contributed by atoms with van der Waals surface area (Å²) in [4.78, 5) is 0. The predicted octanol–water partition coefficient (Wildman–Crippen LogP) is 3.77. The molecule has 0 aliphatic rings. The number of hydrogen-bond acceptors (Lipinski definition) is 3. The summed E-state index contributed by atoms with van der Waals surface area (Å²) in [6.07, 6.45) is 0.887. The van der Waals surface area contributed by atoms with Crippen molar-refractivity contribution in [3.63, 3.8) is 0 Å². The van der Waals surface area contributed by atoms with E-state index in [2.05, 4.69) is 5.32 Å². The maximum Gasteiger partial charge on any atom is 0.134 e. The van der Waals surface area contributed by atoms with Crippen molar-refractivity contribution in [1.82, 2.24) is 5.32 Å². The molecule has 1 atom stereocenters. The van der Waals surface area contributed by atoms with E-state index in [1.165, 1.54) is 0 Å². The van der Waals surface area contributed by atoms with Gasteiger partial charge in [-0.25, -0.2) is 0 Å². The van der Waals surface area contributed by atoms with Crippen molar-refractivity contribution in [2.75, 3.05) is 6.61 Å². The third-order valence-corrected chi connectivity index (χ3v) is 3.80. The van der Waals surface area contributed by atoms with Gasteiger partial charge >= 0.3 is 0 Å². The molecule has 108 valence electrons. The summed E-state index contributed by atoms with van der Waals surface area (Å²) in [6.45, 7) is 4.76. The fourth-order valence-electron chi connectivity index (χ4n) is 1.96. The topological polar surface area (TPSA) is 45.4 Å². The molecule has 3 nitrogen and oxygen atoms in total. The van der Waals surface area contributed by atoms with E-state index in [0.717, 1.165) is 34.1 Å². The van der Waals surface area contributed by atoms with E-state index in [4.69, 9.17) is 21.1 Å². The van der Waals surface area contributed by atoms with Crippen LogP contribution in [0.4, 0.5) is 0 Å². The zero-order valence-electron chi connectivity index (χ0n) is 11.8. The molecule has 0 bridgehead atoms. The fourth-order valence-corrected chi connectivity index (χ4v) is 2.14. The number of furan rings is 1. The molecule has 0 amide bonds. The Kier molecular flexibility index (Phi) is 5.24. The fraction of sp³-hybridized carbons (Fsp3) is 0.375.